The second kappa shape index (κ2) is 3.43. The topological polar surface area (TPSA) is 53.6 Å². The van der Waals surface area contributed by atoms with Crippen LogP contribution in [-0.2, 0) is 0 Å². The van der Waals surface area contributed by atoms with E-state index in [0.29, 0.717) is 0 Å². The van der Waals surface area contributed by atoms with E-state index in [9.17, 15) is 0 Å². The summed E-state index contributed by atoms with van der Waals surface area (Å²) in [5.74, 6) is 0.843. The summed E-state index contributed by atoms with van der Waals surface area (Å²) in [6, 6.07) is 12.1. The van der Waals surface area contributed by atoms with Crippen LogP contribution in [0.2, 0.25) is 0 Å². The monoisotopic (exact) mass is 234 g/mol. The number of nitrogens with one attached hydrogen (secondary N) is 2. The number of imidazole rings is 1. The van der Waals surface area contributed by atoms with E-state index in [0.717, 1.165) is 34.0 Å². The van der Waals surface area contributed by atoms with Crippen molar-refractivity contribution in [3.05, 3.63) is 48.9 Å². The largest absolute Gasteiger partial charge is 0.344 e. The van der Waals surface area contributed by atoms with Gasteiger partial charge in [0.15, 0.2) is 0 Å². The maximum atomic E-state index is 4.42. The Hall–Kier alpha value is -2.62. The van der Waals surface area contributed by atoms with Crippen LogP contribution in [0.3, 0.4) is 0 Å². The lowest BCUT2D eigenvalue weighted by atomic mass is 10.1. The van der Waals surface area contributed by atoms with Gasteiger partial charge < -0.3 is 10.3 Å². The van der Waals surface area contributed by atoms with Gasteiger partial charge in [0, 0.05) is 23.0 Å². The predicted octanol–water partition coefficient (Wildman–Crippen LogP) is 3.20. The van der Waals surface area contributed by atoms with Crippen LogP contribution in [0.1, 0.15) is 0 Å². The first-order valence-corrected chi connectivity index (χ1v) is 5.78. The van der Waals surface area contributed by atoms with Crippen LogP contribution in [0.4, 0.5) is 11.5 Å². The van der Waals surface area contributed by atoms with Crippen LogP contribution in [0, 0.1) is 0 Å². The van der Waals surface area contributed by atoms with E-state index < -0.39 is 0 Å². The molecule has 4 rings (SSSR count). The van der Waals surface area contributed by atoms with Crippen molar-refractivity contribution >= 4 is 11.5 Å². The number of nitrogens with zero attached hydrogens (tertiary/aromatic N) is 2. The van der Waals surface area contributed by atoms with Crippen LogP contribution in [0.25, 0.3) is 22.5 Å². The van der Waals surface area contributed by atoms with Crippen molar-refractivity contribution in [2.75, 3.05) is 5.32 Å². The number of aromatic amines is 1. The fourth-order valence-corrected chi connectivity index (χ4v) is 2.34. The highest BCUT2D eigenvalue weighted by Gasteiger charge is 2.20. The molecule has 4 nitrogen and oxygen atoms in total. The van der Waals surface area contributed by atoms with Gasteiger partial charge in [0.1, 0.15) is 5.82 Å². The predicted molar refractivity (Wildman–Crippen MR) is 70.5 cm³/mol. The molecule has 0 bridgehead atoms. The first-order valence-electron chi connectivity index (χ1n) is 5.78. The van der Waals surface area contributed by atoms with Gasteiger partial charge in [-0.15, -0.1) is 0 Å². The first-order chi connectivity index (χ1) is 8.93. The summed E-state index contributed by atoms with van der Waals surface area (Å²) in [5.41, 5.74) is 5.15. The van der Waals surface area contributed by atoms with E-state index in [-0.39, 0.29) is 0 Å². The van der Waals surface area contributed by atoms with Crippen LogP contribution in [0.5, 0.6) is 0 Å². The molecule has 1 aliphatic heterocycles. The summed E-state index contributed by atoms with van der Waals surface area (Å²) in [5, 5.41) is 3.36. The highest BCUT2D eigenvalue weighted by Crippen LogP contribution is 2.40. The molecule has 2 N–H and O–H groups in total. The van der Waals surface area contributed by atoms with Gasteiger partial charge in [-0.05, 0) is 18.2 Å². The number of aromatic nitrogens is 3. The molecule has 0 spiro atoms. The van der Waals surface area contributed by atoms with Crippen molar-refractivity contribution in [1.82, 2.24) is 15.0 Å². The fraction of sp³-hybridized carbons (Fsp3) is 0. The zero-order valence-corrected chi connectivity index (χ0v) is 9.51. The SMILES string of the molecule is c1ccc2c(c1)Nc1ncccc1-c1nc[nH]c1-2. The highest BCUT2D eigenvalue weighted by atomic mass is 15.0. The molecule has 0 fully saturated rings. The first kappa shape index (κ1) is 9.41. The molecule has 1 aromatic carbocycles. The Balaban J connectivity index is 2.12. The van der Waals surface area contributed by atoms with Gasteiger partial charge in [-0.25, -0.2) is 9.97 Å². The van der Waals surface area contributed by atoms with Gasteiger partial charge in [-0.3, -0.25) is 0 Å². The Morgan fingerprint density at radius 2 is 1.78 bits per heavy atom. The average molecular weight is 234 g/mol. The van der Waals surface area contributed by atoms with Crippen molar-refractivity contribution < 1.29 is 0 Å². The number of hydrogen-bond donors (Lipinski definition) is 2. The van der Waals surface area contributed by atoms with Gasteiger partial charge in [-0.2, -0.15) is 0 Å². The van der Waals surface area contributed by atoms with Crippen molar-refractivity contribution in [2.24, 2.45) is 0 Å². The molecule has 3 heterocycles. The normalized spacial score (nSPS) is 11.8. The number of para-hydroxylation sites is 1. The third-order valence-corrected chi connectivity index (χ3v) is 3.15. The van der Waals surface area contributed by atoms with Gasteiger partial charge in [0.05, 0.1) is 17.7 Å². The Kier molecular flexibility index (Phi) is 1.80. The lowest BCUT2D eigenvalue weighted by Gasteiger charge is -2.07. The van der Waals surface area contributed by atoms with Gasteiger partial charge in [-0.1, -0.05) is 18.2 Å². The third-order valence-electron chi connectivity index (χ3n) is 3.15. The summed E-state index contributed by atoms with van der Waals surface area (Å²) in [6.07, 6.45) is 3.51. The van der Waals surface area contributed by atoms with Gasteiger partial charge in [0.2, 0.25) is 0 Å². The molecule has 2 aromatic heterocycles. The van der Waals surface area contributed by atoms with Crippen LogP contribution in [0.15, 0.2) is 48.9 Å². The molecular formula is C14H10N4. The summed E-state index contributed by atoms with van der Waals surface area (Å²) >= 11 is 0. The standard InChI is InChI=1S/C14H10N4/c1-2-6-11-9(4-1)12-13(17-8-16-12)10-5-3-7-15-14(10)18-11/h1-8H,(H,15,18)(H,16,17). The smallest absolute Gasteiger partial charge is 0.139 e. The van der Waals surface area contributed by atoms with Crippen LogP contribution < -0.4 is 5.32 Å². The van der Waals surface area contributed by atoms with E-state index in [1.165, 1.54) is 0 Å². The molecular weight excluding hydrogens is 224 g/mol. The number of anilines is 2. The Morgan fingerprint density at radius 3 is 2.78 bits per heavy atom. The van der Waals surface area contributed by atoms with Crippen molar-refractivity contribution in [3.8, 4) is 22.5 Å². The minimum atomic E-state index is 0.843. The molecule has 4 heteroatoms. The molecule has 0 saturated heterocycles. The second-order valence-corrected chi connectivity index (χ2v) is 4.20. The molecule has 0 unspecified atom stereocenters. The van der Waals surface area contributed by atoms with E-state index >= 15 is 0 Å². The van der Waals surface area contributed by atoms with Crippen molar-refractivity contribution in [2.45, 2.75) is 0 Å². The van der Waals surface area contributed by atoms with E-state index in [4.69, 9.17) is 0 Å². The molecule has 0 saturated carbocycles. The second-order valence-electron chi connectivity index (χ2n) is 4.20. The number of fused-ring (bicyclic) bond motifs is 5. The van der Waals surface area contributed by atoms with Crippen molar-refractivity contribution in [1.29, 1.82) is 0 Å². The lowest BCUT2D eigenvalue weighted by Crippen LogP contribution is -1.94. The Labute approximate surface area is 104 Å². The van der Waals surface area contributed by atoms with Crippen molar-refractivity contribution in [3.63, 3.8) is 0 Å². The maximum absolute atomic E-state index is 4.42. The fourth-order valence-electron chi connectivity index (χ4n) is 2.34. The van der Waals surface area contributed by atoms with E-state index in [2.05, 4.69) is 26.3 Å². The van der Waals surface area contributed by atoms with E-state index in [1.54, 1.807) is 12.5 Å². The minimum absolute atomic E-state index is 0.843. The number of H-pyrrole nitrogens is 1. The Morgan fingerprint density at radius 1 is 0.889 bits per heavy atom. The lowest BCUT2D eigenvalue weighted by molar-refractivity contribution is 1.28. The molecule has 0 atom stereocenters. The third kappa shape index (κ3) is 1.20. The molecule has 0 aliphatic carbocycles. The zero-order valence-electron chi connectivity index (χ0n) is 9.51. The van der Waals surface area contributed by atoms with Crippen LogP contribution in [-0.4, -0.2) is 15.0 Å². The Bertz CT molecular complexity index is 670. The maximum Gasteiger partial charge on any atom is 0.139 e. The number of benzene rings is 1. The summed E-state index contributed by atoms with van der Waals surface area (Å²) < 4.78 is 0. The molecule has 3 aromatic rings. The summed E-state index contributed by atoms with van der Waals surface area (Å²) in [7, 11) is 0. The molecule has 86 valence electrons. The quantitative estimate of drug-likeness (QED) is 0.491. The average Bonchev–Trinajstić information content (AvgIpc) is 2.84. The summed E-state index contributed by atoms with van der Waals surface area (Å²) in [4.78, 5) is 12.0. The molecule has 18 heavy (non-hydrogen) atoms. The number of pyridine rings is 1. The van der Waals surface area contributed by atoms with Gasteiger partial charge >= 0.3 is 0 Å². The van der Waals surface area contributed by atoms with Gasteiger partial charge in [0.25, 0.3) is 0 Å². The summed E-state index contributed by atoms with van der Waals surface area (Å²) in [6.45, 7) is 0. The molecule has 0 radical (unpaired) electrons. The zero-order chi connectivity index (χ0) is 11.9. The number of hydrogen-bond acceptors (Lipinski definition) is 3. The molecule has 0 amide bonds. The van der Waals surface area contributed by atoms with Crippen LogP contribution >= 0.6 is 0 Å². The highest BCUT2D eigenvalue weighted by molar-refractivity contribution is 5.94. The number of rotatable bonds is 0. The van der Waals surface area contributed by atoms with E-state index in [1.807, 2.05) is 30.3 Å². The molecule has 1 aliphatic rings. The minimum Gasteiger partial charge on any atom is -0.344 e.